The van der Waals surface area contributed by atoms with Gasteiger partial charge < -0.3 is 4.90 Å². The van der Waals surface area contributed by atoms with Gasteiger partial charge in [-0.05, 0) is 67.6 Å². The number of rotatable bonds is 1. The molecule has 1 atom stereocenters. The third kappa shape index (κ3) is 9.70. The summed E-state index contributed by atoms with van der Waals surface area (Å²) in [7, 11) is 0. The predicted octanol–water partition coefficient (Wildman–Crippen LogP) is 8.55. The van der Waals surface area contributed by atoms with Gasteiger partial charge in [-0.3, -0.25) is 4.79 Å². The second-order valence-corrected chi connectivity index (χ2v) is 12.7. The number of Topliss-reactive ketones (excluding diaryl/α,β-unsaturated/α-hetero) is 1. The Balaban J connectivity index is 0.000000186. The van der Waals surface area contributed by atoms with Gasteiger partial charge in [0, 0.05) is 31.6 Å². The van der Waals surface area contributed by atoms with Crippen molar-refractivity contribution in [1.29, 1.82) is 0 Å². The number of hydrogen-bond acceptors (Lipinski definition) is 2. The molecule has 1 saturated heterocycles. The largest absolute Gasteiger partial charge is 0.375 e. The molecule has 0 N–H and O–H groups in total. The average Bonchev–Trinajstić information content (AvgIpc) is 3.44. The lowest BCUT2D eigenvalue weighted by molar-refractivity contribution is -0.121. The summed E-state index contributed by atoms with van der Waals surface area (Å²) in [6, 6.07) is 0. The van der Waals surface area contributed by atoms with E-state index in [0.29, 0.717) is 16.6 Å². The number of carbonyl (C=O) groups excluding carboxylic acids is 1. The Morgan fingerprint density at radius 2 is 1.13 bits per heavy atom. The van der Waals surface area contributed by atoms with E-state index in [1.165, 1.54) is 77.3 Å². The van der Waals surface area contributed by atoms with Gasteiger partial charge in [-0.2, -0.15) is 0 Å². The SMILES string of the molecule is C1CCCC1.CC(C)(C)C1CC=C(N2CCCC2)CC1.CC(C)(C)C1CCC(=O)CC1. The number of carbonyl (C=O) groups is 1. The average molecular weight is 432 g/mol. The first-order valence-electron chi connectivity index (χ1n) is 13.5. The summed E-state index contributed by atoms with van der Waals surface area (Å²) in [4.78, 5) is 13.5. The summed E-state index contributed by atoms with van der Waals surface area (Å²) >= 11 is 0. The summed E-state index contributed by atoms with van der Waals surface area (Å²) in [5, 5.41) is 0. The van der Waals surface area contributed by atoms with Crippen LogP contribution < -0.4 is 0 Å². The standard InChI is InChI=1S/C14H25N.C10H18O.C5H10/c1-14(2,3)12-6-8-13(9-7-12)15-10-4-5-11-15;1-10(2,3)8-4-6-9(11)7-5-8;1-2-4-5-3-1/h8,12H,4-7,9-11H2,1-3H3;8H,4-7H2,1-3H3;1-5H2. The van der Waals surface area contributed by atoms with Crippen LogP contribution in [0.25, 0.3) is 0 Å². The maximum absolute atomic E-state index is 10.9. The van der Waals surface area contributed by atoms with E-state index in [2.05, 4.69) is 52.5 Å². The topological polar surface area (TPSA) is 20.3 Å². The van der Waals surface area contributed by atoms with Gasteiger partial charge in [-0.1, -0.05) is 79.7 Å². The first kappa shape index (κ1) is 26.5. The molecule has 1 aliphatic heterocycles. The molecule has 3 fully saturated rings. The zero-order chi connectivity index (χ0) is 22.9. The molecule has 0 amide bonds. The smallest absolute Gasteiger partial charge is 0.132 e. The van der Waals surface area contributed by atoms with Gasteiger partial charge in [0.25, 0.3) is 0 Å². The zero-order valence-electron chi connectivity index (χ0n) is 21.9. The van der Waals surface area contributed by atoms with Gasteiger partial charge in [0.2, 0.25) is 0 Å². The minimum absolute atomic E-state index is 0.403. The number of nitrogens with zero attached hydrogens (tertiary/aromatic N) is 1. The summed E-state index contributed by atoms with van der Waals surface area (Å²) in [5.74, 6) is 2.12. The van der Waals surface area contributed by atoms with Crippen LogP contribution in [0.2, 0.25) is 0 Å². The molecule has 0 aromatic carbocycles. The summed E-state index contributed by atoms with van der Waals surface area (Å²) in [5.41, 5.74) is 2.54. The maximum Gasteiger partial charge on any atom is 0.132 e. The highest BCUT2D eigenvalue weighted by Crippen LogP contribution is 2.38. The van der Waals surface area contributed by atoms with Crippen molar-refractivity contribution >= 4 is 5.78 Å². The Labute approximate surface area is 194 Å². The second kappa shape index (κ2) is 12.4. The number of ketones is 1. The molecule has 2 nitrogen and oxygen atoms in total. The molecule has 1 unspecified atom stereocenters. The molecule has 2 heteroatoms. The Morgan fingerprint density at radius 3 is 1.52 bits per heavy atom. The van der Waals surface area contributed by atoms with Gasteiger partial charge in [-0.25, -0.2) is 0 Å². The first-order valence-corrected chi connectivity index (χ1v) is 13.5. The highest BCUT2D eigenvalue weighted by Gasteiger charge is 2.29. The quantitative estimate of drug-likeness (QED) is 0.414. The first-order chi connectivity index (χ1) is 14.6. The molecule has 31 heavy (non-hydrogen) atoms. The molecule has 4 aliphatic rings. The Kier molecular flexibility index (Phi) is 10.6. The molecule has 0 aromatic heterocycles. The van der Waals surface area contributed by atoms with Crippen LogP contribution in [0, 0.1) is 22.7 Å². The van der Waals surface area contributed by atoms with Crippen LogP contribution in [0.3, 0.4) is 0 Å². The van der Waals surface area contributed by atoms with Crippen molar-refractivity contribution in [3.8, 4) is 0 Å². The van der Waals surface area contributed by atoms with Crippen LogP contribution in [-0.2, 0) is 4.79 Å². The van der Waals surface area contributed by atoms with Crippen molar-refractivity contribution in [3.63, 3.8) is 0 Å². The van der Waals surface area contributed by atoms with Crippen molar-refractivity contribution in [2.24, 2.45) is 22.7 Å². The second-order valence-electron chi connectivity index (χ2n) is 12.7. The molecule has 0 radical (unpaired) electrons. The van der Waals surface area contributed by atoms with E-state index in [9.17, 15) is 4.79 Å². The molecular weight excluding hydrogens is 378 g/mol. The Bertz CT molecular complexity index is 535. The highest BCUT2D eigenvalue weighted by molar-refractivity contribution is 5.79. The summed E-state index contributed by atoms with van der Waals surface area (Å²) < 4.78 is 0. The van der Waals surface area contributed by atoms with Crippen molar-refractivity contribution in [2.75, 3.05) is 13.1 Å². The van der Waals surface area contributed by atoms with Crippen LogP contribution in [0.4, 0.5) is 0 Å². The normalized spacial score (nSPS) is 25.4. The van der Waals surface area contributed by atoms with E-state index in [-0.39, 0.29) is 0 Å². The lowest BCUT2D eigenvalue weighted by Gasteiger charge is -2.35. The molecule has 3 aliphatic carbocycles. The maximum atomic E-state index is 10.9. The van der Waals surface area contributed by atoms with Crippen LogP contribution in [-0.4, -0.2) is 23.8 Å². The molecule has 180 valence electrons. The van der Waals surface area contributed by atoms with E-state index in [1.807, 2.05) is 0 Å². The molecule has 4 rings (SSSR count). The summed E-state index contributed by atoms with van der Waals surface area (Å²) in [6.07, 6.45) is 20.7. The highest BCUT2D eigenvalue weighted by atomic mass is 16.1. The number of hydrogen-bond donors (Lipinski definition) is 0. The van der Waals surface area contributed by atoms with Crippen LogP contribution >= 0.6 is 0 Å². The van der Waals surface area contributed by atoms with Gasteiger partial charge in [0.05, 0.1) is 0 Å². The summed E-state index contributed by atoms with van der Waals surface area (Å²) in [6.45, 7) is 16.6. The van der Waals surface area contributed by atoms with E-state index < -0.39 is 0 Å². The van der Waals surface area contributed by atoms with Crippen molar-refractivity contribution < 1.29 is 4.79 Å². The van der Waals surface area contributed by atoms with Crippen LogP contribution in [0.15, 0.2) is 11.8 Å². The molecule has 0 aromatic rings. The third-order valence-corrected chi connectivity index (χ3v) is 8.14. The van der Waals surface area contributed by atoms with E-state index in [0.717, 1.165) is 37.5 Å². The van der Waals surface area contributed by atoms with Crippen molar-refractivity contribution in [1.82, 2.24) is 4.90 Å². The Morgan fingerprint density at radius 1 is 0.677 bits per heavy atom. The van der Waals surface area contributed by atoms with Gasteiger partial charge >= 0.3 is 0 Å². The molecule has 0 spiro atoms. The fourth-order valence-electron chi connectivity index (χ4n) is 5.59. The van der Waals surface area contributed by atoms with Gasteiger partial charge in [0.1, 0.15) is 5.78 Å². The number of likely N-dealkylation sites (tertiary alicyclic amines) is 1. The van der Waals surface area contributed by atoms with Crippen LogP contribution in [0.1, 0.15) is 131 Å². The fourth-order valence-corrected chi connectivity index (χ4v) is 5.59. The molecule has 1 heterocycles. The third-order valence-electron chi connectivity index (χ3n) is 8.14. The van der Waals surface area contributed by atoms with Crippen molar-refractivity contribution in [3.05, 3.63) is 11.8 Å². The minimum Gasteiger partial charge on any atom is -0.375 e. The lowest BCUT2D eigenvalue weighted by Crippen LogP contribution is -2.26. The lowest BCUT2D eigenvalue weighted by atomic mass is 9.72. The fraction of sp³-hybridized carbons (Fsp3) is 0.897. The van der Waals surface area contributed by atoms with E-state index in [1.54, 1.807) is 5.70 Å². The monoisotopic (exact) mass is 431 g/mol. The molecule has 0 bridgehead atoms. The zero-order valence-corrected chi connectivity index (χ0v) is 21.9. The predicted molar refractivity (Wildman–Crippen MR) is 135 cm³/mol. The van der Waals surface area contributed by atoms with E-state index in [4.69, 9.17) is 0 Å². The molecule has 2 saturated carbocycles. The van der Waals surface area contributed by atoms with Crippen LogP contribution in [0.5, 0.6) is 0 Å². The van der Waals surface area contributed by atoms with E-state index >= 15 is 0 Å². The Hall–Kier alpha value is -0.790. The van der Waals surface area contributed by atoms with Crippen molar-refractivity contribution in [2.45, 2.75) is 131 Å². The minimum atomic E-state index is 0.403. The van der Waals surface area contributed by atoms with Gasteiger partial charge in [-0.15, -0.1) is 0 Å². The number of allylic oxidation sites excluding steroid dienone is 2. The molecular formula is C29H53NO. The van der Waals surface area contributed by atoms with Gasteiger partial charge in [0.15, 0.2) is 0 Å².